The fraction of sp³-hybridized carbons (Fsp3) is 0.833. The molecule has 0 amide bonds. The Bertz CT molecular complexity index is 49.6. The average Bonchev–Trinajstić information content (AvgIpc) is 2.24. The molecule has 0 spiro atoms. The van der Waals surface area contributed by atoms with Crippen LogP contribution in [0.15, 0.2) is 0 Å². The maximum absolute atomic E-state index is 8.14. The Morgan fingerprint density at radius 2 is 0.800 bits per heavy atom. The normalized spacial score (nSPS) is 7.20. The summed E-state index contributed by atoms with van der Waals surface area (Å²) in [5.74, 6) is 0.880. The molecule has 0 aliphatic heterocycles. The molecule has 0 aromatic rings. The van der Waals surface area contributed by atoms with Crippen LogP contribution in [-0.2, 0) is 25.8 Å². The maximum atomic E-state index is 8.14. The predicted molar refractivity (Wildman–Crippen MR) is 65.9 cm³/mol. The predicted octanol–water partition coefficient (Wildman–Crippen LogP) is 2.95. The van der Waals surface area contributed by atoms with Crippen LogP contribution in [0, 0.1) is 25.7 Å². The molecule has 0 atom stereocenters. The van der Waals surface area contributed by atoms with E-state index in [0.717, 1.165) is 0 Å². The van der Waals surface area contributed by atoms with E-state index in [2.05, 4.69) is 13.8 Å². The maximum Gasteiger partial charge on any atom is 0.0453 e. The fourth-order valence-corrected chi connectivity index (χ4v) is 0. The van der Waals surface area contributed by atoms with Crippen molar-refractivity contribution >= 4 is 0 Å². The topological polar surface area (TPSA) is 40.5 Å². The first kappa shape index (κ1) is 29.7. The van der Waals surface area contributed by atoms with E-state index >= 15 is 0 Å². The van der Waals surface area contributed by atoms with Gasteiger partial charge in [-0.05, 0) is 11.8 Å². The Labute approximate surface area is 116 Å². The summed E-state index contributed by atoms with van der Waals surface area (Å²) in [5, 5.41) is 16.3. The van der Waals surface area contributed by atoms with E-state index in [0.29, 0.717) is 25.0 Å². The van der Waals surface area contributed by atoms with Crippen LogP contribution in [0.25, 0.3) is 0 Å². The Morgan fingerprint density at radius 3 is 0.800 bits per heavy atom. The van der Waals surface area contributed by atoms with Crippen molar-refractivity contribution in [3.05, 3.63) is 13.8 Å². The SMILES string of the molecule is CC(C)CO.CC(C)CO.[CH2-]C.[CH2-]C.[Hf]. The Balaban J connectivity index is -0.0000000318. The van der Waals surface area contributed by atoms with Crippen molar-refractivity contribution < 1.29 is 36.1 Å². The molecule has 0 saturated heterocycles. The van der Waals surface area contributed by atoms with E-state index in [-0.39, 0.29) is 25.8 Å². The van der Waals surface area contributed by atoms with Gasteiger partial charge in [-0.3, -0.25) is 0 Å². The van der Waals surface area contributed by atoms with E-state index in [9.17, 15) is 0 Å². The molecule has 2 nitrogen and oxygen atoms in total. The van der Waals surface area contributed by atoms with Crippen LogP contribution in [0.3, 0.4) is 0 Å². The van der Waals surface area contributed by atoms with Crippen molar-refractivity contribution in [2.45, 2.75) is 41.5 Å². The number of aliphatic hydroxyl groups excluding tert-OH is 2. The molecule has 0 aliphatic carbocycles. The smallest absolute Gasteiger partial charge is 0.0453 e. The summed E-state index contributed by atoms with van der Waals surface area (Å²) in [7, 11) is 0. The molecule has 0 unspecified atom stereocenters. The molecule has 0 bridgehead atoms. The molecule has 0 aliphatic rings. The molecule has 0 heterocycles. The summed E-state index contributed by atoms with van der Waals surface area (Å²) in [5.41, 5.74) is 0. The van der Waals surface area contributed by atoms with Gasteiger partial charge in [0.25, 0.3) is 0 Å². The number of hydrogen-bond donors (Lipinski definition) is 2. The van der Waals surface area contributed by atoms with Gasteiger partial charge in [-0.2, -0.15) is 13.8 Å². The van der Waals surface area contributed by atoms with Gasteiger partial charge in [0.1, 0.15) is 0 Å². The molecule has 15 heavy (non-hydrogen) atoms. The molecule has 0 saturated carbocycles. The van der Waals surface area contributed by atoms with E-state index in [1.165, 1.54) is 0 Å². The zero-order valence-electron chi connectivity index (χ0n) is 11.4. The van der Waals surface area contributed by atoms with Gasteiger partial charge in [-0.15, -0.1) is 0 Å². The first-order valence-corrected chi connectivity index (χ1v) is 5.17. The van der Waals surface area contributed by atoms with E-state index < -0.39 is 0 Å². The molecule has 3 heteroatoms. The van der Waals surface area contributed by atoms with Crippen molar-refractivity contribution in [3.8, 4) is 0 Å². The fourth-order valence-electron chi connectivity index (χ4n) is 0. The number of rotatable bonds is 2. The third-order valence-corrected chi connectivity index (χ3v) is 0.730. The van der Waals surface area contributed by atoms with Crippen LogP contribution >= 0.6 is 0 Å². The third-order valence-electron chi connectivity index (χ3n) is 0.730. The molecular formula is C12H30HfO2-2. The Morgan fingerprint density at radius 1 is 0.733 bits per heavy atom. The van der Waals surface area contributed by atoms with Gasteiger partial charge in [-0.1, -0.05) is 27.7 Å². The van der Waals surface area contributed by atoms with Crippen LogP contribution in [0.1, 0.15) is 41.5 Å². The quantitative estimate of drug-likeness (QED) is 0.567. The van der Waals surface area contributed by atoms with Crippen molar-refractivity contribution in [2.24, 2.45) is 11.8 Å². The van der Waals surface area contributed by atoms with Crippen LogP contribution in [-0.4, -0.2) is 23.4 Å². The molecule has 96 valence electrons. The van der Waals surface area contributed by atoms with Gasteiger partial charge in [-0.25, -0.2) is 0 Å². The van der Waals surface area contributed by atoms with Gasteiger partial charge in [0, 0.05) is 39.1 Å². The van der Waals surface area contributed by atoms with Gasteiger partial charge in [0.15, 0.2) is 0 Å². The van der Waals surface area contributed by atoms with Crippen molar-refractivity contribution in [1.29, 1.82) is 0 Å². The molecule has 0 aromatic heterocycles. The van der Waals surface area contributed by atoms with Crippen LogP contribution in [0.5, 0.6) is 0 Å². The molecular weight excluding hydrogens is 355 g/mol. The Kier molecular flexibility index (Phi) is 72.0. The standard InChI is InChI=1S/2C4H10O.2C2H5.Hf/c2*1-4(2)3-5;2*1-2;/h2*4-5H,3H2,1-2H3;2*1H2,2H3;/q;;2*-1;. The van der Waals surface area contributed by atoms with Crippen LogP contribution < -0.4 is 0 Å². The summed E-state index contributed by atoms with van der Waals surface area (Å²) in [4.78, 5) is 0. The monoisotopic (exact) mass is 386 g/mol. The molecule has 0 fully saturated rings. The summed E-state index contributed by atoms with van der Waals surface area (Å²) in [6.07, 6.45) is 0. The van der Waals surface area contributed by atoms with Gasteiger partial charge in [0.2, 0.25) is 0 Å². The zero-order valence-corrected chi connectivity index (χ0v) is 15.0. The van der Waals surface area contributed by atoms with Crippen molar-refractivity contribution in [3.63, 3.8) is 0 Å². The second-order valence-electron chi connectivity index (χ2n) is 3.15. The van der Waals surface area contributed by atoms with E-state index in [4.69, 9.17) is 10.2 Å². The first-order valence-electron chi connectivity index (χ1n) is 5.17. The average molecular weight is 385 g/mol. The molecule has 0 aromatic carbocycles. The van der Waals surface area contributed by atoms with Gasteiger partial charge >= 0.3 is 0 Å². The minimum Gasteiger partial charge on any atom is -0.396 e. The van der Waals surface area contributed by atoms with Gasteiger partial charge in [0.05, 0.1) is 0 Å². The summed E-state index contributed by atoms with van der Waals surface area (Å²) >= 11 is 0. The van der Waals surface area contributed by atoms with Crippen LogP contribution in [0.4, 0.5) is 0 Å². The summed E-state index contributed by atoms with van der Waals surface area (Å²) in [6, 6.07) is 0. The number of aliphatic hydroxyl groups is 2. The minimum atomic E-state index is 0. The van der Waals surface area contributed by atoms with Crippen molar-refractivity contribution in [2.75, 3.05) is 13.2 Å². The molecule has 0 rings (SSSR count). The number of hydrogen-bond acceptors (Lipinski definition) is 2. The molecule has 2 N–H and O–H groups in total. The summed E-state index contributed by atoms with van der Waals surface area (Å²) < 4.78 is 0. The van der Waals surface area contributed by atoms with E-state index in [1.807, 2.05) is 27.7 Å². The third kappa shape index (κ3) is 105. The minimum absolute atomic E-state index is 0. The molecule has 0 radical (unpaired) electrons. The second-order valence-corrected chi connectivity index (χ2v) is 3.15. The second kappa shape index (κ2) is 36.4. The van der Waals surface area contributed by atoms with Crippen molar-refractivity contribution in [1.82, 2.24) is 0 Å². The zero-order chi connectivity index (χ0) is 12.6. The van der Waals surface area contributed by atoms with Gasteiger partial charge < -0.3 is 24.1 Å². The largest absolute Gasteiger partial charge is 0.396 e. The first-order chi connectivity index (χ1) is 6.54. The summed E-state index contributed by atoms with van der Waals surface area (Å²) in [6.45, 7) is 18.5. The Hall–Kier alpha value is 0.790. The van der Waals surface area contributed by atoms with E-state index in [1.54, 1.807) is 13.8 Å². The van der Waals surface area contributed by atoms with Crippen LogP contribution in [0.2, 0.25) is 0 Å².